The minimum Gasteiger partial charge on any atom is -0.389 e. The summed E-state index contributed by atoms with van der Waals surface area (Å²) in [6.45, 7) is 2.71. The average Bonchev–Trinajstić information content (AvgIpc) is 2.38. The Morgan fingerprint density at radius 2 is 2.05 bits per heavy atom. The molecule has 0 aliphatic rings. The van der Waals surface area contributed by atoms with Crippen LogP contribution in [0, 0.1) is 12.7 Å². The van der Waals surface area contributed by atoms with Crippen LogP contribution in [0.5, 0.6) is 0 Å². The van der Waals surface area contributed by atoms with Gasteiger partial charge in [0.05, 0.1) is 0 Å². The third kappa shape index (κ3) is 3.78. The van der Waals surface area contributed by atoms with Crippen LogP contribution in [0.15, 0.2) is 42.5 Å². The SMILES string of the molecule is Cc1ccc(C(N)=S)c(NCCc2cccc(F)c2)c1. The van der Waals surface area contributed by atoms with Crippen molar-refractivity contribution in [2.75, 3.05) is 11.9 Å². The van der Waals surface area contributed by atoms with Gasteiger partial charge in [0.25, 0.3) is 0 Å². The van der Waals surface area contributed by atoms with E-state index >= 15 is 0 Å². The van der Waals surface area contributed by atoms with E-state index in [0.29, 0.717) is 11.5 Å². The maximum atomic E-state index is 13.1. The molecular weight excluding hydrogens is 271 g/mol. The molecule has 2 nitrogen and oxygen atoms in total. The highest BCUT2D eigenvalue weighted by molar-refractivity contribution is 7.80. The fourth-order valence-corrected chi connectivity index (χ4v) is 2.23. The smallest absolute Gasteiger partial charge is 0.123 e. The van der Waals surface area contributed by atoms with Crippen LogP contribution in [-0.4, -0.2) is 11.5 Å². The Morgan fingerprint density at radius 3 is 2.75 bits per heavy atom. The molecule has 20 heavy (non-hydrogen) atoms. The van der Waals surface area contributed by atoms with Gasteiger partial charge in [-0.1, -0.05) is 30.4 Å². The van der Waals surface area contributed by atoms with E-state index in [1.54, 1.807) is 12.1 Å². The van der Waals surface area contributed by atoms with Crippen LogP contribution < -0.4 is 11.1 Å². The molecule has 0 spiro atoms. The van der Waals surface area contributed by atoms with Crippen LogP contribution in [0.2, 0.25) is 0 Å². The molecule has 0 atom stereocenters. The zero-order valence-corrected chi connectivity index (χ0v) is 12.1. The summed E-state index contributed by atoms with van der Waals surface area (Å²) in [5, 5.41) is 3.31. The summed E-state index contributed by atoms with van der Waals surface area (Å²) < 4.78 is 13.1. The van der Waals surface area contributed by atoms with Crippen LogP contribution in [0.4, 0.5) is 10.1 Å². The number of benzene rings is 2. The van der Waals surface area contributed by atoms with E-state index in [1.807, 2.05) is 31.2 Å². The first-order valence-electron chi connectivity index (χ1n) is 6.45. The molecule has 0 bridgehead atoms. The third-order valence-corrected chi connectivity index (χ3v) is 3.28. The fraction of sp³-hybridized carbons (Fsp3) is 0.188. The zero-order valence-electron chi connectivity index (χ0n) is 11.3. The van der Waals surface area contributed by atoms with Crippen molar-refractivity contribution in [1.82, 2.24) is 0 Å². The number of hydrogen-bond donors (Lipinski definition) is 2. The molecule has 0 heterocycles. The summed E-state index contributed by atoms with van der Waals surface area (Å²) >= 11 is 5.04. The van der Waals surface area contributed by atoms with Crippen LogP contribution in [0.3, 0.4) is 0 Å². The molecule has 0 aliphatic heterocycles. The van der Waals surface area contributed by atoms with Gasteiger partial charge in [0.15, 0.2) is 0 Å². The standard InChI is InChI=1S/C16H17FN2S/c1-11-5-6-14(16(18)20)15(9-11)19-8-7-12-3-2-4-13(17)10-12/h2-6,9-10,19H,7-8H2,1H3,(H2,18,20). The van der Waals surface area contributed by atoms with E-state index in [0.717, 1.165) is 28.8 Å². The summed E-state index contributed by atoms with van der Waals surface area (Å²) in [4.78, 5) is 0.373. The van der Waals surface area contributed by atoms with Crippen molar-refractivity contribution >= 4 is 22.9 Å². The Kier molecular flexibility index (Phi) is 4.69. The first-order chi connectivity index (χ1) is 9.56. The van der Waals surface area contributed by atoms with Crippen molar-refractivity contribution in [1.29, 1.82) is 0 Å². The molecule has 0 saturated carbocycles. The second kappa shape index (κ2) is 6.48. The Hall–Kier alpha value is -1.94. The Bertz CT molecular complexity index is 626. The molecule has 0 unspecified atom stereocenters. The molecular formula is C16H17FN2S. The highest BCUT2D eigenvalue weighted by Gasteiger charge is 2.05. The van der Waals surface area contributed by atoms with Gasteiger partial charge in [0, 0.05) is 17.8 Å². The highest BCUT2D eigenvalue weighted by atomic mass is 32.1. The molecule has 2 aromatic carbocycles. The number of rotatable bonds is 5. The van der Waals surface area contributed by atoms with E-state index < -0.39 is 0 Å². The van der Waals surface area contributed by atoms with Gasteiger partial charge in [-0.3, -0.25) is 0 Å². The quantitative estimate of drug-likeness (QED) is 0.828. The first-order valence-corrected chi connectivity index (χ1v) is 6.86. The molecule has 4 heteroatoms. The second-order valence-electron chi connectivity index (χ2n) is 4.72. The molecule has 2 aromatic rings. The summed E-state index contributed by atoms with van der Waals surface area (Å²) in [6.07, 6.45) is 0.739. The van der Waals surface area contributed by atoms with E-state index in [4.69, 9.17) is 18.0 Å². The van der Waals surface area contributed by atoms with Gasteiger partial charge >= 0.3 is 0 Å². The molecule has 0 fully saturated rings. The Labute approximate surface area is 123 Å². The molecule has 0 aromatic heterocycles. The maximum Gasteiger partial charge on any atom is 0.123 e. The van der Waals surface area contributed by atoms with Gasteiger partial charge in [-0.25, -0.2) is 4.39 Å². The first kappa shape index (κ1) is 14.5. The van der Waals surface area contributed by atoms with Gasteiger partial charge in [0.2, 0.25) is 0 Å². The minimum atomic E-state index is -0.207. The lowest BCUT2D eigenvalue weighted by Gasteiger charge is -2.12. The van der Waals surface area contributed by atoms with Gasteiger partial charge in [0.1, 0.15) is 10.8 Å². The Balaban J connectivity index is 2.04. The lowest BCUT2D eigenvalue weighted by molar-refractivity contribution is 0.625. The number of hydrogen-bond acceptors (Lipinski definition) is 2. The molecule has 104 valence electrons. The zero-order chi connectivity index (χ0) is 14.5. The van der Waals surface area contributed by atoms with Gasteiger partial charge in [-0.2, -0.15) is 0 Å². The lowest BCUT2D eigenvalue weighted by Crippen LogP contribution is -2.14. The fourth-order valence-electron chi connectivity index (χ4n) is 2.05. The number of nitrogens with one attached hydrogen (secondary N) is 1. The normalized spacial score (nSPS) is 10.3. The summed E-state index contributed by atoms with van der Waals surface area (Å²) in [6, 6.07) is 12.5. The van der Waals surface area contributed by atoms with Crippen molar-refractivity contribution in [3.8, 4) is 0 Å². The lowest BCUT2D eigenvalue weighted by atomic mass is 10.1. The average molecular weight is 288 g/mol. The number of anilines is 1. The highest BCUT2D eigenvalue weighted by Crippen LogP contribution is 2.17. The number of nitrogens with two attached hydrogens (primary N) is 1. The molecule has 0 amide bonds. The largest absolute Gasteiger partial charge is 0.389 e. The summed E-state index contributed by atoms with van der Waals surface area (Å²) in [5.41, 5.74) is 9.57. The van der Waals surface area contributed by atoms with Crippen molar-refractivity contribution in [2.45, 2.75) is 13.3 Å². The van der Waals surface area contributed by atoms with Crippen molar-refractivity contribution in [3.63, 3.8) is 0 Å². The molecule has 3 N–H and O–H groups in total. The topological polar surface area (TPSA) is 38.0 Å². The molecule has 0 aliphatic carbocycles. The molecule has 0 saturated heterocycles. The van der Waals surface area contributed by atoms with E-state index in [2.05, 4.69) is 5.32 Å². The monoisotopic (exact) mass is 288 g/mol. The maximum absolute atomic E-state index is 13.1. The van der Waals surface area contributed by atoms with Crippen molar-refractivity contribution < 1.29 is 4.39 Å². The van der Waals surface area contributed by atoms with Crippen LogP contribution in [0.1, 0.15) is 16.7 Å². The van der Waals surface area contributed by atoms with Crippen LogP contribution >= 0.6 is 12.2 Å². The predicted octanol–water partition coefficient (Wildman–Crippen LogP) is 3.42. The van der Waals surface area contributed by atoms with Gasteiger partial charge in [-0.05, 0) is 48.7 Å². The van der Waals surface area contributed by atoms with Crippen molar-refractivity contribution in [3.05, 3.63) is 65.0 Å². The number of aryl methyl sites for hydroxylation is 1. The van der Waals surface area contributed by atoms with E-state index in [9.17, 15) is 4.39 Å². The molecule has 2 rings (SSSR count). The summed E-state index contributed by atoms with van der Waals surface area (Å²) in [7, 11) is 0. The van der Waals surface area contributed by atoms with E-state index in [-0.39, 0.29) is 5.82 Å². The second-order valence-corrected chi connectivity index (χ2v) is 5.16. The van der Waals surface area contributed by atoms with Crippen LogP contribution in [0.25, 0.3) is 0 Å². The Morgan fingerprint density at radius 1 is 1.25 bits per heavy atom. The predicted molar refractivity (Wildman–Crippen MR) is 85.7 cm³/mol. The third-order valence-electron chi connectivity index (χ3n) is 3.06. The number of halogens is 1. The van der Waals surface area contributed by atoms with Crippen LogP contribution in [-0.2, 0) is 6.42 Å². The minimum absolute atomic E-state index is 0.207. The van der Waals surface area contributed by atoms with Gasteiger partial charge in [-0.15, -0.1) is 0 Å². The molecule has 0 radical (unpaired) electrons. The summed E-state index contributed by atoms with van der Waals surface area (Å²) in [5.74, 6) is -0.207. The van der Waals surface area contributed by atoms with Crippen molar-refractivity contribution in [2.24, 2.45) is 5.73 Å². The van der Waals surface area contributed by atoms with Gasteiger partial charge < -0.3 is 11.1 Å². The number of thiocarbonyl (C=S) groups is 1. The van der Waals surface area contributed by atoms with E-state index in [1.165, 1.54) is 6.07 Å².